The molecule has 0 saturated heterocycles. The lowest BCUT2D eigenvalue weighted by atomic mass is 10.1. The van der Waals surface area contributed by atoms with E-state index >= 15 is 0 Å². The minimum atomic E-state index is 0.222. The topological polar surface area (TPSA) is 47.9 Å². The molecule has 1 heterocycles. The zero-order valence-corrected chi connectivity index (χ0v) is 18.3. The molecule has 1 amide bonds. The molecule has 0 atom stereocenters. The van der Waals surface area contributed by atoms with E-state index in [4.69, 9.17) is 0 Å². The summed E-state index contributed by atoms with van der Waals surface area (Å²) >= 11 is 0. The van der Waals surface area contributed by atoms with Crippen molar-refractivity contribution in [1.29, 1.82) is 0 Å². The molecule has 27 heavy (non-hydrogen) atoms. The van der Waals surface area contributed by atoms with E-state index < -0.39 is 0 Å². The number of nitrogens with zero attached hydrogens (tertiary/aromatic N) is 3. The smallest absolute Gasteiger partial charge is 0.228 e. The van der Waals surface area contributed by atoms with E-state index in [2.05, 4.69) is 29.3 Å². The minimum absolute atomic E-state index is 0.222. The molecule has 158 valence electrons. The van der Waals surface area contributed by atoms with Crippen LogP contribution in [0.3, 0.4) is 0 Å². The van der Waals surface area contributed by atoms with Gasteiger partial charge in [0, 0.05) is 38.4 Å². The number of hydrazine groups is 1. The fraction of sp³-hybridized carbons (Fsp3) is 0.909. The Morgan fingerprint density at radius 2 is 1.63 bits per heavy atom. The molecule has 5 heteroatoms. The highest BCUT2D eigenvalue weighted by molar-refractivity contribution is 6.00. The van der Waals surface area contributed by atoms with Crippen LogP contribution in [-0.4, -0.2) is 60.8 Å². The van der Waals surface area contributed by atoms with Gasteiger partial charge in [-0.3, -0.25) is 15.2 Å². The number of likely N-dealkylation sites (N-methyl/N-ethyl adjacent to an activating group) is 1. The van der Waals surface area contributed by atoms with Crippen LogP contribution in [0.4, 0.5) is 0 Å². The number of hydrogen-bond acceptors (Lipinski definition) is 4. The number of hydrogen-bond donors (Lipinski definition) is 1. The molecule has 1 rings (SSSR count). The van der Waals surface area contributed by atoms with E-state index in [0.717, 1.165) is 45.0 Å². The van der Waals surface area contributed by atoms with Crippen LogP contribution in [0.5, 0.6) is 0 Å². The van der Waals surface area contributed by atoms with E-state index in [1.54, 1.807) is 0 Å². The Kier molecular flexibility index (Phi) is 14.3. The Labute approximate surface area is 167 Å². The zero-order valence-electron chi connectivity index (χ0n) is 18.3. The van der Waals surface area contributed by atoms with Crippen molar-refractivity contribution in [2.24, 2.45) is 4.99 Å². The van der Waals surface area contributed by atoms with Gasteiger partial charge in [-0.05, 0) is 13.3 Å². The predicted octanol–water partition coefficient (Wildman–Crippen LogP) is 4.43. The molecule has 0 unspecified atom stereocenters. The molecule has 0 spiro atoms. The lowest BCUT2D eigenvalue weighted by Crippen LogP contribution is -2.45. The Balaban J connectivity index is 2.01. The first kappa shape index (κ1) is 24.1. The summed E-state index contributed by atoms with van der Waals surface area (Å²) in [4.78, 5) is 18.6. The molecule has 0 aromatic rings. The first-order valence-corrected chi connectivity index (χ1v) is 11.4. The second-order valence-corrected chi connectivity index (χ2v) is 7.84. The van der Waals surface area contributed by atoms with Crippen molar-refractivity contribution in [3.05, 3.63) is 0 Å². The standard InChI is InChI=1S/C22H44N4O/c1-4-6-7-8-9-10-11-12-13-14-15-24-26(5-2)19-18-25-17-16-23-21(3)20-22(25)27/h24H,4-20H2,1-3H3. The van der Waals surface area contributed by atoms with Crippen LogP contribution < -0.4 is 5.43 Å². The van der Waals surface area contributed by atoms with Crippen molar-refractivity contribution < 1.29 is 4.79 Å². The number of carbonyl (C=O) groups excluding carboxylic acids is 1. The Hall–Kier alpha value is -0.940. The highest BCUT2D eigenvalue weighted by Gasteiger charge is 2.17. The summed E-state index contributed by atoms with van der Waals surface area (Å²) in [6.45, 7) is 11.6. The van der Waals surface area contributed by atoms with Gasteiger partial charge in [0.25, 0.3) is 0 Å². The summed E-state index contributed by atoms with van der Waals surface area (Å²) in [7, 11) is 0. The first-order chi connectivity index (χ1) is 13.2. The van der Waals surface area contributed by atoms with Crippen LogP contribution >= 0.6 is 0 Å². The molecule has 0 radical (unpaired) electrons. The van der Waals surface area contributed by atoms with Crippen LogP contribution in [-0.2, 0) is 4.79 Å². The van der Waals surface area contributed by atoms with E-state index in [-0.39, 0.29) is 5.91 Å². The fourth-order valence-electron chi connectivity index (χ4n) is 3.55. The molecule has 1 aliphatic heterocycles. The molecule has 0 aliphatic carbocycles. The first-order valence-electron chi connectivity index (χ1n) is 11.4. The quantitative estimate of drug-likeness (QED) is 0.318. The molecular weight excluding hydrogens is 336 g/mol. The maximum atomic E-state index is 12.2. The summed E-state index contributed by atoms with van der Waals surface area (Å²) in [5.41, 5.74) is 4.51. The molecule has 0 aromatic carbocycles. The second kappa shape index (κ2) is 16.1. The van der Waals surface area contributed by atoms with Crippen molar-refractivity contribution in [3.63, 3.8) is 0 Å². The monoisotopic (exact) mass is 380 g/mol. The lowest BCUT2D eigenvalue weighted by Gasteiger charge is -2.26. The summed E-state index contributed by atoms with van der Waals surface area (Å²) in [5, 5.41) is 2.25. The lowest BCUT2D eigenvalue weighted by molar-refractivity contribution is -0.129. The number of rotatable bonds is 16. The van der Waals surface area contributed by atoms with Gasteiger partial charge in [-0.25, -0.2) is 5.01 Å². The van der Waals surface area contributed by atoms with Crippen molar-refractivity contribution >= 4 is 11.6 Å². The van der Waals surface area contributed by atoms with E-state index in [9.17, 15) is 4.79 Å². The maximum absolute atomic E-state index is 12.2. The minimum Gasteiger partial charge on any atom is -0.339 e. The van der Waals surface area contributed by atoms with Gasteiger partial charge < -0.3 is 4.90 Å². The molecule has 0 bridgehead atoms. The fourth-order valence-corrected chi connectivity index (χ4v) is 3.55. The van der Waals surface area contributed by atoms with Crippen molar-refractivity contribution in [2.45, 2.75) is 91.4 Å². The Morgan fingerprint density at radius 3 is 2.26 bits per heavy atom. The summed E-state index contributed by atoms with van der Waals surface area (Å²) < 4.78 is 0. The Bertz CT molecular complexity index is 411. The van der Waals surface area contributed by atoms with Crippen molar-refractivity contribution in [2.75, 3.05) is 39.3 Å². The van der Waals surface area contributed by atoms with Gasteiger partial charge in [-0.2, -0.15) is 0 Å². The van der Waals surface area contributed by atoms with Crippen LogP contribution in [0.25, 0.3) is 0 Å². The maximum Gasteiger partial charge on any atom is 0.228 e. The Morgan fingerprint density at radius 1 is 1.00 bits per heavy atom. The van der Waals surface area contributed by atoms with Crippen LogP contribution in [0.15, 0.2) is 4.99 Å². The number of carbonyl (C=O) groups is 1. The van der Waals surface area contributed by atoms with Gasteiger partial charge in [-0.1, -0.05) is 71.6 Å². The van der Waals surface area contributed by atoms with Crippen LogP contribution in [0, 0.1) is 0 Å². The van der Waals surface area contributed by atoms with Gasteiger partial charge in [0.1, 0.15) is 0 Å². The van der Waals surface area contributed by atoms with Crippen molar-refractivity contribution in [1.82, 2.24) is 15.3 Å². The molecule has 5 nitrogen and oxygen atoms in total. The number of nitrogens with one attached hydrogen (secondary N) is 1. The molecule has 0 aromatic heterocycles. The third kappa shape index (κ3) is 12.2. The zero-order chi connectivity index (χ0) is 19.7. The highest BCUT2D eigenvalue weighted by atomic mass is 16.2. The molecule has 1 N–H and O–H groups in total. The van der Waals surface area contributed by atoms with Crippen LogP contribution in [0.1, 0.15) is 91.4 Å². The molecule has 0 saturated carbocycles. The predicted molar refractivity (Wildman–Crippen MR) is 116 cm³/mol. The highest BCUT2D eigenvalue weighted by Crippen LogP contribution is 2.10. The van der Waals surface area contributed by atoms with E-state index in [0.29, 0.717) is 6.42 Å². The van der Waals surface area contributed by atoms with Gasteiger partial charge in [0.05, 0.1) is 13.0 Å². The van der Waals surface area contributed by atoms with Crippen LogP contribution in [0.2, 0.25) is 0 Å². The van der Waals surface area contributed by atoms with Gasteiger partial charge in [0.2, 0.25) is 5.91 Å². The number of unbranched alkanes of at least 4 members (excludes halogenated alkanes) is 9. The van der Waals surface area contributed by atoms with Gasteiger partial charge in [0.15, 0.2) is 0 Å². The van der Waals surface area contributed by atoms with E-state index in [1.807, 2.05) is 11.8 Å². The average Bonchev–Trinajstić information content (AvgIpc) is 2.82. The SMILES string of the molecule is CCCCCCCCCCCCNN(CC)CCN1CCN=C(C)CC1=O. The molecule has 0 fully saturated rings. The summed E-state index contributed by atoms with van der Waals surface area (Å²) in [6.07, 6.45) is 14.2. The van der Waals surface area contributed by atoms with Gasteiger partial charge in [-0.15, -0.1) is 0 Å². The normalized spacial score (nSPS) is 15.3. The van der Waals surface area contributed by atoms with Crippen molar-refractivity contribution in [3.8, 4) is 0 Å². The molecule has 1 aliphatic rings. The third-order valence-corrected chi connectivity index (χ3v) is 5.40. The summed E-state index contributed by atoms with van der Waals surface area (Å²) in [6, 6.07) is 0. The molecular formula is C22H44N4O. The van der Waals surface area contributed by atoms with Gasteiger partial charge >= 0.3 is 0 Å². The number of amides is 1. The van der Waals surface area contributed by atoms with E-state index in [1.165, 1.54) is 64.2 Å². The number of aliphatic imine (C=N–C) groups is 1. The summed E-state index contributed by atoms with van der Waals surface area (Å²) in [5.74, 6) is 0.222. The third-order valence-electron chi connectivity index (χ3n) is 5.40. The average molecular weight is 381 g/mol. The second-order valence-electron chi connectivity index (χ2n) is 7.84. The largest absolute Gasteiger partial charge is 0.339 e.